The molecule has 1 aliphatic heterocycles. The number of aromatic hydroxyl groups is 2. The van der Waals surface area contributed by atoms with Gasteiger partial charge in [0, 0.05) is 18.5 Å². The minimum absolute atomic E-state index is 0.0130. The molecule has 1 aliphatic rings. The predicted octanol–water partition coefficient (Wildman–Crippen LogP) is 2.19. The lowest BCUT2D eigenvalue weighted by Gasteiger charge is -2.25. The zero-order valence-corrected chi connectivity index (χ0v) is 10.9. The molecule has 1 fully saturated rings. The van der Waals surface area contributed by atoms with E-state index in [1.54, 1.807) is 4.90 Å². The second kappa shape index (κ2) is 5.06. The third-order valence-corrected chi connectivity index (χ3v) is 3.83. The van der Waals surface area contributed by atoms with Crippen molar-refractivity contribution in [1.82, 2.24) is 4.90 Å². The van der Waals surface area contributed by atoms with Crippen molar-refractivity contribution in [3.8, 4) is 11.5 Å². The monoisotopic (exact) mass is 269 g/mol. The minimum atomic E-state index is -0.279. The average Bonchev–Trinajstić information content (AvgIpc) is 2.72. The largest absolute Gasteiger partial charge is 0.508 e. The van der Waals surface area contributed by atoms with E-state index in [-0.39, 0.29) is 29.0 Å². The highest BCUT2D eigenvalue weighted by Crippen LogP contribution is 2.30. The number of phenols is 2. The van der Waals surface area contributed by atoms with Crippen molar-refractivity contribution in [1.29, 1.82) is 0 Å². The molecular weight excluding hydrogens is 254 g/mol. The van der Waals surface area contributed by atoms with Gasteiger partial charge in [-0.1, -0.05) is 6.92 Å². The summed E-state index contributed by atoms with van der Waals surface area (Å²) in [6.07, 6.45) is 0.905. The van der Waals surface area contributed by atoms with Crippen LogP contribution in [0.4, 0.5) is 0 Å². The van der Waals surface area contributed by atoms with Gasteiger partial charge in [-0.15, -0.1) is 11.6 Å². The Morgan fingerprint density at radius 3 is 2.89 bits per heavy atom. The first-order valence-electron chi connectivity index (χ1n) is 5.93. The van der Waals surface area contributed by atoms with Crippen LogP contribution in [0, 0.1) is 5.92 Å². The average molecular weight is 270 g/mol. The molecule has 0 saturated carbocycles. The van der Waals surface area contributed by atoms with Crippen molar-refractivity contribution in [2.24, 2.45) is 5.92 Å². The Bertz CT molecular complexity index is 464. The standard InChI is InChI=1S/C13H16ClNO3/c1-8-4-5-15(11(8)7-14)13(18)10-6-9(16)2-3-12(10)17/h2-3,6,8,11,16-17H,4-5,7H2,1H3. The first-order chi connectivity index (χ1) is 8.54. The molecule has 2 unspecified atom stereocenters. The molecule has 18 heavy (non-hydrogen) atoms. The van der Waals surface area contributed by atoms with Crippen LogP contribution in [-0.2, 0) is 0 Å². The SMILES string of the molecule is CC1CCN(C(=O)c2cc(O)ccc2O)C1CCl. The molecular formula is C13H16ClNO3. The molecule has 0 aliphatic carbocycles. The van der Waals surface area contributed by atoms with Gasteiger partial charge in [-0.3, -0.25) is 4.79 Å². The quantitative estimate of drug-likeness (QED) is 0.639. The summed E-state index contributed by atoms with van der Waals surface area (Å²) >= 11 is 5.89. The van der Waals surface area contributed by atoms with Gasteiger partial charge in [-0.2, -0.15) is 0 Å². The number of alkyl halides is 1. The summed E-state index contributed by atoms with van der Waals surface area (Å²) in [4.78, 5) is 14.0. The summed E-state index contributed by atoms with van der Waals surface area (Å²) in [5, 5.41) is 19.1. The van der Waals surface area contributed by atoms with Gasteiger partial charge in [-0.05, 0) is 30.5 Å². The number of rotatable bonds is 2. The molecule has 5 heteroatoms. The number of hydrogen-bond acceptors (Lipinski definition) is 3. The highest BCUT2D eigenvalue weighted by atomic mass is 35.5. The van der Waals surface area contributed by atoms with Gasteiger partial charge < -0.3 is 15.1 Å². The number of likely N-dealkylation sites (tertiary alicyclic amines) is 1. The van der Waals surface area contributed by atoms with Crippen molar-refractivity contribution in [3.05, 3.63) is 23.8 Å². The molecule has 1 amide bonds. The molecule has 0 aromatic heterocycles. The zero-order chi connectivity index (χ0) is 13.3. The van der Waals surface area contributed by atoms with E-state index >= 15 is 0 Å². The van der Waals surface area contributed by atoms with E-state index in [1.807, 2.05) is 0 Å². The van der Waals surface area contributed by atoms with E-state index < -0.39 is 0 Å². The fraction of sp³-hybridized carbons (Fsp3) is 0.462. The van der Waals surface area contributed by atoms with Crippen LogP contribution >= 0.6 is 11.6 Å². The maximum absolute atomic E-state index is 12.3. The number of carbonyl (C=O) groups excluding carboxylic acids is 1. The summed E-state index contributed by atoms with van der Waals surface area (Å²) in [6, 6.07) is 3.93. The molecule has 2 rings (SSSR count). The second-order valence-electron chi connectivity index (χ2n) is 4.69. The maximum Gasteiger partial charge on any atom is 0.258 e. The summed E-state index contributed by atoms with van der Waals surface area (Å²) < 4.78 is 0. The Labute approximate surface area is 111 Å². The van der Waals surface area contributed by atoms with Crippen molar-refractivity contribution >= 4 is 17.5 Å². The first kappa shape index (κ1) is 13.0. The summed E-state index contributed by atoms with van der Waals surface area (Å²) in [7, 11) is 0. The topological polar surface area (TPSA) is 60.8 Å². The number of nitrogens with zero attached hydrogens (tertiary/aromatic N) is 1. The number of benzene rings is 1. The molecule has 98 valence electrons. The van der Waals surface area contributed by atoms with Crippen LogP contribution in [0.25, 0.3) is 0 Å². The number of hydrogen-bond donors (Lipinski definition) is 2. The fourth-order valence-electron chi connectivity index (χ4n) is 2.35. The van der Waals surface area contributed by atoms with Gasteiger partial charge >= 0.3 is 0 Å². The van der Waals surface area contributed by atoms with Crippen molar-refractivity contribution in [3.63, 3.8) is 0 Å². The Balaban J connectivity index is 2.28. The van der Waals surface area contributed by atoms with Crippen molar-refractivity contribution in [2.45, 2.75) is 19.4 Å². The highest BCUT2D eigenvalue weighted by molar-refractivity contribution is 6.18. The van der Waals surface area contributed by atoms with E-state index in [2.05, 4.69) is 6.92 Å². The van der Waals surface area contributed by atoms with Crippen LogP contribution in [0.3, 0.4) is 0 Å². The smallest absolute Gasteiger partial charge is 0.258 e. The van der Waals surface area contributed by atoms with Gasteiger partial charge in [0.1, 0.15) is 11.5 Å². The van der Waals surface area contributed by atoms with Gasteiger partial charge in [-0.25, -0.2) is 0 Å². The van der Waals surface area contributed by atoms with Gasteiger partial charge in [0.25, 0.3) is 5.91 Å². The number of halogens is 1. The van der Waals surface area contributed by atoms with Gasteiger partial charge in [0.15, 0.2) is 0 Å². The Hall–Kier alpha value is -1.42. The van der Waals surface area contributed by atoms with E-state index in [0.717, 1.165) is 6.42 Å². The second-order valence-corrected chi connectivity index (χ2v) is 5.00. The Morgan fingerprint density at radius 1 is 1.50 bits per heavy atom. The third kappa shape index (κ3) is 2.25. The maximum atomic E-state index is 12.3. The first-order valence-corrected chi connectivity index (χ1v) is 6.47. The fourth-order valence-corrected chi connectivity index (χ4v) is 2.82. The van der Waals surface area contributed by atoms with E-state index in [9.17, 15) is 15.0 Å². The Morgan fingerprint density at radius 2 is 2.22 bits per heavy atom. The third-order valence-electron chi connectivity index (χ3n) is 3.51. The van der Waals surface area contributed by atoms with E-state index in [1.165, 1.54) is 18.2 Å². The Kier molecular flexibility index (Phi) is 3.66. The van der Waals surface area contributed by atoms with Crippen LogP contribution in [0.5, 0.6) is 11.5 Å². The lowest BCUT2D eigenvalue weighted by Crippen LogP contribution is -2.38. The molecule has 2 N–H and O–H groups in total. The minimum Gasteiger partial charge on any atom is -0.508 e. The molecule has 4 nitrogen and oxygen atoms in total. The predicted molar refractivity (Wildman–Crippen MR) is 69.1 cm³/mol. The van der Waals surface area contributed by atoms with Gasteiger partial charge in [0.2, 0.25) is 0 Å². The molecule has 1 aromatic carbocycles. The number of amides is 1. The molecule has 0 bridgehead atoms. The zero-order valence-electron chi connectivity index (χ0n) is 10.1. The van der Waals surface area contributed by atoms with E-state index in [0.29, 0.717) is 18.3 Å². The molecule has 2 atom stereocenters. The normalized spacial score (nSPS) is 23.3. The summed E-state index contributed by atoms with van der Waals surface area (Å²) in [6.45, 7) is 2.69. The van der Waals surface area contributed by atoms with Crippen LogP contribution in [0.1, 0.15) is 23.7 Å². The highest BCUT2D eigenvalue weighted by Gasteiger charge is 2.35. The van der Waals surface area contributed by atoms with Crippen LogP contribution < -0.4 is 0 Å². The number of carbonyl (C=O) groups is 1. The van der Waals surface area contributed by atoms with Crippen LogP contribution in [0.15, 0.2) is 18.2 Å². The molecule has 1 saturated heterocycles. The molecule has 1 heterocycles. The lowest BCUT2D eigenvalue weighted by molar-refractivity contribution is 0.0733. The van der Waals surface area contributed by atoms with Crippen LogP contribution in [0.2, 0.25) is 0 Å². The summed E-state index contributed by atoms with van der Waals surface area (Å²) in [5.74, 6) is 0.299. The van der Waals surface area contributed by atoms with Gasteiger partial charge in [0.05, 0.1) is 5.56 Å². The van der Waals surface area contributed by atoms with E-state index in [4.69, 9.17) is 11.6 Å². The lowest BCUT2D eigenvalue weighted by atomic mass is 10.0. The summed E-state index contributed by atoms with van der Waals surface area (Å²) in [5.41, 5.74) is 0.124. The van der Waals surface area contributed by atoms with Crippen molar-refractivity contribution < 1.29 is 15.0 Å². The molecule has 1 aromatic rings. The van der Waals surface area contributed by atoms with Crippen molar-refractivity contribution in [2.75, 3.05) is 12.4 Å². The van der Waals surface area contributed by atoms with Crippen LogP contribution in [-0.4, -0.2) is 39.5 Å². The molecule has 0 radical (unpaired) electrons. The molecule has 0 spiro atoms. The number of phenolic OH excluding ortho intramolecular Hbond substituents is 2.